The number of carbonyl (C=O) groups is 1. The molecule has 27 heavy (non-hydrogen) atoms. The Morgan fingerprint density at radius 2 is 2.04 bits per heavy atom. The van der Waals surface area contributed by atoms with E-state index in [9.17, 15) is 4.79 Å². The molecule has 0 saturated heterocycles. The average Bonchev–Trinajstić information content (AvgIpc) is 3.32. The Hall–Kier alpha value is -2.93. The lowest BCUT2D eigenvalue weighted by molar-refractivity contribution is 0.0795. The molecule has 0 atom stereocenters. The van der Waals surface area contributed by atoms with Crippen LogP contribution in [0, 0.1) is 0 Å². The van der Waals surface area contributed by atoms with Crippen molar-refractivity contribution in [2.24, 2.45) is 0 Å². The van der Waals surface area contributed by atoms with Gasteiger partial charge in [0.25, 0.3) is 11.8 Å². The summed E-state index contributed by atoms with van der Waals surface area (Å²) in [5.74, 6) is 0.968. The molecule has 1 N–H and O–H groups in total. The summed E-state index contributed by atoms with van der Waals surface area (Å²) in [6, 6.07) is 17.3. The zero-order valence-electron chi connectivity index (χ0n) is 14.6. The molecule has 0 aliphatic heterocycles. The van der Waals surface area contributed by atoms with E-state index in [2.05, 4.69) is 31.1 Å². The van der Waals surface area contributed by atoms with Crippen LogP contribution in [0.2, 0.25) is 0 Å². The Morgan fingerprint density at radius 1 is 1.19 bits per heavy atom. The number of para-hydroxylation sites is 1. The van der Waals surface area contributed by atoms with Gasteiger partial charge in [-0.2, -0.15) is 4.98 Å². The molecule has 0 unspecified atom stereocenters. The SMILES string of the molecule is CN(CCc1noc(-c2cc3ccccc3[nH]2)n1)C(=O)c1cccc(Br)c1. The first-order valence-corrected chi connectivity index (χ1v) is 9.31. The number of nitrogens with one attached hydrogen (secondary N) is 1. The van der Waals surface area contributed by atoms with Crippen molar-refractivity contribution in [3.8, 4) is 11.6 Å². The fourth-order valence-corrected chi connectivity index (χ4v) is 3.26. The van der Waals surface area contributed by atoms with Crippen LogP contribution in [0.4, 0.5) is 0 Å². The molecule has 0 aliphatic carbocycles. The number of H-pyrrole nitrogens is 1. The Morgan fingerprint density at radius 3 is 2.85 bits per heavy atom. The molecule has 0 fully saturated rings. The predicted octanol–water partition coefficient (Wildman–Crippen LogP) is 4.30. The molecule has 1 amide bonds. The molecule has 0 radical (unpaired) electrons. The molecule has 4 aromatic rings. The molecule has 136 valence electrons. The van der Waals surface area contributed by atoms with Crippen LogP contribution < -0.4 is 0 Å². The van der Waals surface area contributed by atoms with Gasteiger partial charge in [0.15, 0.2) is 5.82 Å². The number of hydrogen-bond donors (Lipinski definition) is 1. The van der Waals surface area contributed by atoms with E-state index in [0.29, 0.717) is 30.2 Å². The van der Waals surface area contributed by atoms with Crippen LogP contribution in [-0.4, -0.2) is 39.5 Å². The number of halogens is 1. The van der Waals surface area contributed by atoms with E-state index in [1.54, 1.807) is 24.1 Å². The Balaban J connectivity index is 1.42. The van der Waals surface area contributed by atoms with E-state index < -0.39 is 0 Å². The van der Waals surface area contributed by atoms with Gasteiger partial charge in [-0.1, -0.05) is 45.4 Å². The van der Waals surface area contributed by atoms with Crippen molar-refractivity contribution in [1.29, 1.82) is 0 Å². The number of nitrogens with zero attached hydrogens (tertiary/aromatic N) is 3. The lowest BCUT2D eigenvalue weighted by Gasteiger charge is -2.16. The molecule has 0 bridgehead atoms. The third-order valence-electron chi connectivity index (χ3n) is 4.32. The minimum atomic E-state index is -0.0457. The van der Waals surface area contributed by atoms with Crippen molar-refractivity contribution in [2.45, 2.75) is 6.42 Å². The topological polar surface area (TPSA) is 75.0 Å². The minimum Gasteiger partial charge on any atom is -0.351 e. The molecular weight excluding hydrogens is 408 g/mol. The maximum atomic E-state index is 12.5. The number of rotatable bonds is 5. The molecule has 0 aliphatic rings. The van der Waals surface area contributed by atoms with Gasteiger partial charge >= 0.3 is 0 Å². The van der Waals surface area contributed by atoms with Gasteiger partial charge in [0, 0.05) is 41.0 Å². The van der Waals surface area contributed by atoms with E-state index in [4.69, 9.17) is 4.52 Å². The maximum Gasteiger partial charge on any atom is 0.274 e. The van der Waals surface area contributed by atoms with Gasteiger partial charge in [0.2, 0.25) is 0 Å². The molecule has 7 heteroatoms. The van der Waals surface area contributed by atoms with Crippen molar-refractivity contribution in [1.82, 2.24) is 20.0 Å². The molecule has 2 aromatic carbocycles. The number of fused-ring (bicyclic) bond motifs is 1. The molecular formula is C20H17BrN4O2. The Labute approximate surface area is 164 Å². The fraction of sp³-hybridized carbons (Fsp3) is 0.150. The number of benzene rings is 2. The summed E-state index contributed by atoms with van der Waals surface area (Å²) in [7, 11) is 1.77. The van der Waals surface area contributed by atoms with Crippen molar-refractivity contribution in [3.05, 3.63) is 70.5 Å². The number of amides is 1. The quantitative estimate of drug-likeness (QED) is 0.518. The van der Waals surface area contributed by atoms with Crippen molar-refractivity contribution < 1.29 is 9.32 Å². The summed E-state index contributed by atoms with van der Waals surface area (Å²) >= 11 is 3.39. The zero-order chi connectivity index (χ0) is 18.8. The summed E-state index contributed by atoms with van der Waals surface area (Å²) < 4.78 is 6.25. The third-order valence-corrected chi connectivity index (χ3v) is 4.81. The fourth-order valence-electron chi connectivity index (χ4n) is 2.86. The van der Waals surface area contributed by atoms with Crippen LogP contribution in [0.15, 0.2) is 63.6 Å². The molecule has 2 heterocycles. The van der Waals surface area contributed by atoms with Crippen LogP contribution in [0.25, 0.3) is 22.5 Å². The maximum absolute atomic E-state index is 12.5. The normalized spacial score (nSPS) is 11.0. The second-order valence-electron chi connectivity index (χ2n) is 6.27. The van der Waals surface area contributed by atoms with Gasteiger partial charge in [0.05, 0.1) is 0 Å². The summed E-state index contributed by atoms with van der Waals surface area (Å²) in [6.07, 6.45) is 0.514. The highest BCUT2D eigenvalue weighted by Crippen LogP contribution is 2.22. The van der Waals surface area contributed by atoms with Crippen molar-refractivity contribution >= 4 is 32.7 Å². The van der Waals surface area contributed by atoms with Crippen LogP contribution in [0.1, 0.15) is 16.2 Å². The minimum absolute atomic E-state index is 0.0457. The van der Waals surface area contributed by atoms with E-state index >= 15 is 0 Å². The van der Waals surface area contributed by atoms with Crippen LogP contribution in [-0.2, 0) is 6.42 Å². The summed E-state index contributed by atoms with van der Waals surface area (Å²) in [5, 5.41) is 5.12. The van der Waals surface area contributed by atoms with E-state index in [1.807, 2.05) is 42.5 Å². The standard InChI is InChI=1S/C20H17BrN4O2/c1-25(20(26)14-6-4-7-15(21)11-14)10-9-18-23-19(27-24-18)17-12-13-5-2-3-8-16(13)22-17/h2-8,11-12,22H,9-10H2,1H3. The highest BCUT2D eigenvalue weighted by Gasteiger charge is 2.15. The predicted molar refractivity (Wildman–Crippen MR) is 106 cm³/mol. The van der Waals surface area contributed by atoms with Crippen LogP contribution in [0.5, 0.6) is 0 Å². The van der Waals surface area contributed by atoms with E-state index in [-0.39, 0.29) is 5.91 Å². The van der Waals surface area contributed by atoms with Gasteiger partial charge < -0.3 is 14.4 Å². The second kappa shape index (κ2) is 7.36. The molecule has 0 spiro atoms. The summed E-state index contributed by atoms with van der Waals surface area (Å²) in [4.78, 5) is 21.8. The number of aromatic amines is 1. The Kier molecular flexibility index (Phi) is 4.77. The molecule has 0 saturated carbocycles. The van der Waals surface area contributed by atoms with Gasteiger partial charge in [-0.3, -0.25) is 4.79 Å². The van der Waals surface area contributed by atoms with Crippen LogP contribution >= 0.6 is 15.9 Å². The third kappa shape index (κ3) is 3.78. The first-order chi connectivity index (χ1) is 13.1. The number of likely N-dealkylation sites (N-methyl/N-ethyl adjacent to an activating group) is 1. The van der Waals surface area contributed by atoms with E-state index in [0.717, 1.165) is 21.1 Å². The number of hydrogen-bond acceptors (Lipinski definition) is 4. The first kappa shape index (κ1) is 17.5. The average molecular weight is 425 g/mol. The number of carbonyl (C=O) groups excluding carboxylic acids is 1. The number of aromatic nitrogens is 3. The highest BCUT2D eigenvalue weighted by molar-refractivity contribution is 9.10. The monoisotopic (exact) mass is 424 g/mol. The van der Waals surface area contributed by atoms with Gasteiger partial charge in [-0.05, 0) is 30.3 Å². The molecule has 4 rings (SSSR count). The van der Waals surface area contributed by atoms with Gasteiger partial charge in [-0.15, -0.1) is 0 Å². The van der Waals surface area contributed by atoms with Crippen molar-refractivity contribution in [3.63, 3.8) is 0 Å². The Bertz CT molecular complexity index is 1070. The largest absolute Gasteiger partial charge is 0.351 e. The van der Waals surface area contributed by atoms with E-state index in [1.165, 1.54) is 0 Å². The van der Waals surface area contributed by atoms with Crippen molar-refractivity contribution in [2.75, 3.05) is 13.6 Å². The highest BCUT2D eigenvalue weighted by atomic mass is 79.9. The lowest BCUT2D eigenvalue weighted by atomic mass is 10.2. The van der Waals surface area contributed by atoms with Crippen LogP contribution in [0.3, 0.4) is 0 Å². The first-order valence-electron chi connectivity index (χ1n) is 8.52. The van der Waals surface area contributed by atoms with Gasteiger partial charge in [0.1, 0.15) is 5.69 Å². The molecule has 6 nitrogen and oxygen atoms in total. The summed E-state index contributed by atoms with van der Waals surface area (Å²) in [5.41, 5.74) is 2.44. The second-order valence-corrected chi connectivity index (χ2v) is 7.19. The summed E-state index contributed by atoms with van der Waals surface area (Å²) in [6.45, 7) is 0.497. The molecule has 2 aromatic heterocycles. The lowest BCUT2D eigenvalue weighted by Crippen LogP contribution is -2.29. The smallest absolute Gasteiger partial charge is 0.274 e. The van der Waals surface area contributed by atoms with Gasteiger partial charge in [-0.25, -0.2) is 0 Å². The zero-order valence-corrected chi connectivity index (χ0v) is 16.2.